The number of anilines is 1. The van der Waals surface area contributed by atoms with Crippen LogP contribution in [0.3, 0.4) is 0 Å². The van der Waals surface area contributed by atoms with Crippen LogP contribution >= 0.6 is 24.0 Å². The van der Waals surface area contributed by atoms with E-state index in [2.05, 4.69) is 21.7 Å². The van der Waals surface area contributed by atoms with E-state index in [0.29, 0.717) is 0 Å². The summed E-state index contributed by atoms with van der Waals surface area (Å²) in [6.45, 7) is 7.27. The van der Waals surface area contributed by atoms with Crippen molar-refractivity contribution in [2.45, 2.75) is 6.92 Å². The molecule has 1 aromatic heterocycles. The number of aromatic nitrogens is 1. The van der Waals surface area contributed by atoms with Crippen LogP contribution in [0.25, 0.3) is 0 Å². The van der Waals surface area contributed by atoms with Crippen molar-refractivity contribution in [3.05, 3.63) is 24.3 Å². The van der Waals surface area contributed by atoms with Crippen molar-refractivity contribution >= 4 is 29.7 Å². The van der Waals surface area contributed by atoms with Gasteiger partial charge in [-0.2, -0.15) is 0 Å². The topological polar surface area (TPSA) is 19.4 Å². The lowest BCUT2D eigenvalue weighted by Crippen LogP contribution is -2.46. The van der Waals surface area contributed by atoms with Crippen molar-refractivity contribution in [1.82, 2.24) is 9.88 Å². The highest BCUT2D eigenvalue weighted by Crippen LogP contribution is 2.15. The van der Waals surface area contributed by atoms with Gasteiger partial charge in [0.2, 0.25) is 0 Å². The van der Waals surface area contributed by atoms with E-state index in [0.717, 1.165) is 38.4 Å². The number of pyridine rings is 1. The molecule has 16 heavy (non-hydrogen) atoms. The molecule has 1 aromatic rings. The average molecular weight is 337 g/mol. The molecule has 2 rings (SSSR count). The largest absolute Gasteiger partial charge is 0.368 e. The normalized spacial score (nSPS) is 17.0. The molecule has 2 heterocycles. The van der Waals surface area contributed by atoms with Gasteiger partial charge in [0, 0.05) is 32.2 Å². The standard InChI is InChI=1S/C11H16FN3.HI/c1-2-14-3-5-15(6-4-14)11-7-10(12)8-13-9-11;/h7-9H,2-6H2,1H3;1H. The first-order valence-electron chi connectivity index (χ1n) is 5.37. The number of hydrogen-bond donors (Lipinski definition) is 0. The third kappa shape index (κ3) is 3.28. The van der Waals surface area contributed by atoms with Gasteiger partial charge >= 0.3 is 0 Å². The minimum atomic E-state index is -0.259. The quantitative estimate of drug-likeness (QED) is 0.770. The Hall–Kier alpha value is -0.430. The Kier molecular flexibility index (Phi) is 5.40. The van der Waals surface area contributed by atoms with Crippen LogP contribution in [0.5, 0.6) is 0 Å². The molecule has 0 unspecified atom stereocenters. The summed E-state index contributed by atoms with van der Waals surface area (Å²) in [6, 6.07) is 1.55. The molecule has 5 heteroatoms. The second-order valence-electron chi connectivity index (χ2n) is 3.78. The summed E-state index contributed by atoms with van der Waals surface area (Å²) in [4.78, 5) is 8.44. The maximum atomic E-state index is 13.0. The summed E-state index contributed by atoms with van der Waals surface area (Å²) in [6.07, 6.45) is 2.97. The van der Waals surface area contributed by atoms with Gasteiger partial charge in [0.1, 0.15) is 5.82 Å². The predicted octanol–water partition coefficient (Wildman–Crippen LogP) is 1.98. The Balaban J connectivity index is 0.00000128. The molecule has 3 nitrogen and oxygen atoms in total. The van der Waals surface area contributed by atoms with Gasteiger partial charge in [0.15, 0.2) is 0 Å². The zero-order valence-corrected chi connectivity index (χ0v) is 11.7. The van der Waals surface area contributed by atoms with Gasteiger partial charge in [-0.3, -0.25) is 4.98 Å². The number of rotatable bonds is 2. The van der Waals surface area contributed by atoms with Crippen molar-refractivity contribution in [3.63, 3.8) is 0 Å². The molecular weight excluding hydrogens is 320 g/mol. The zero-order valence-electron chi connectivity index (χ0n) is 9.40. The minimum Gasteiger partial charge on any atom is -0.368 e. The Labute approximate surface area is 113 Å². The first-order chi connectivity index (χ1) is 7.29. The predicted molar refractivity (Wildman–Crippen MR) is 73.9 cm³/mol. The van der Waals surface area contributed by atoms with Crippen LogP contribution in [-0.2, 0) is 0 Å². The van der Waals surface area contributed by atoms with Crippen molar-refractivity contribution in [3.8, 4) is 0 Å². The lowest BCUT2D eigenvalue weighted by molar-refractivity contribution is 0.271. The van der Waals surface area contributed by atoms with Crippen LogP contribution < -0.4 is 4.90 Å². The number of nitrogens with zero attached hydrogens (tertiary/aromatic N) is 3. The van der Waals surface area contributed by atoms with Crippen LogP contribution in [0.4, 0.5) is 10.1 Å². The molecule has 0 aliphatic carbocycles. The maximum Gasteiger partial charge on any atom is 0.143 e. The molecule has 0 bridgehead atoms. The van der Waals surface area contributed by atoms with Crippen molar-refractivity contribution in [1.29, 1.82) is 0 Å². The van der Waals surface area contributed by atoms with E-state index in [9.17, 15) is 4.39 Å². The van der Waals surface area contributed by atoms with Crippen LogP contribution in [-0.4, -0.2) is 42.6 Å². The highest BCUT2D eigenvalue weighted by molar-refractivity contribution is 14.0. The Bertz CT molecular complexity index is 327. The van der Waals surface area contributed by atoms with Gasteiger partial charge in [-0.15, -0.1) is 24.0 Å². The number of hydrogen-bond acceptors (Lipinski definition) is 3. The molecule has 0 spiro atoms. The fraction of sp³-hybridized carbons (Fsp3) is 0.545. The molecule has 0 amide bonds. The third-order valence-corrected chi connectivity index (χ3v) is 2.88. The Morgan fingerprint density at radius 2 is 1.94 bits per heavy atom. The Morgan fingerprint density at radius 3 is 2.50 bits per heavy atom. The van der Waals surface area contributed by atoms with Crippen molar-refractivity contribution in [2.24, 2.45) is 0 Å². The monoisotopic (exact) mass is 337 g/mol. The van der Waals surface area contributed by atoms with E-state index in [1.165, 1.54) is 6.20 Å². The lowest BCUT2D eigenvalue weighted by Gasteiger charge is -2.35. The van der Waals surface area contributed by atoms with Gasteiger partial charge in [0.25, 0.3) is 0 Å². The van der Waals surface area contributed by atoms with Gasteiger partial charge in [-0.05, 0) is 6.54 Å². The van der Waals surface area contributed by atoms with Crippen LogP contribution in [0.15, 0.2) is 18.5 Å². The SMILES string of the molecule is CCN1CCN(c2cncc(F)c2)CC1.I. The molecule has 1 saturated heterocycles. The number of halogens is 2. The van der Waals surface area contributed by atoms with Gasteiger partial charge in [0.05, 0.1) is 18.1 Å². The second-order valence-corrected chi connectivity index (χ2v) is 3.78. The van der Waals surface area contributed by atoms with E-state index in [1.54, 1.807) is 12.3 Å². The fourth-order valence-corrected chi connectivity index (χ4v) is 1.90. The minimum absolute atomic E-state index is 0. The van der Waals surface area contributed by atoms with E-state index in [1.807, 2.05) is 0 Å². The van der Waals surface area contributed by atoms with E-state index < -0.39 is 0 Å². The second kappa shape index (κ2) is 6.34. The zero-order chi connectivity index (χ0) is 10.7. The highest BCUT2D eigenvalue weighted by Gasteiger charge is 2.16. The summed E-state index contributed by atoms with van der Waals surface area (Å²) < 4.78 is 13.0. The summed E-state index contributed by atoms with van der Waals surface area (Å²) in [5.74, 6) is -0.259. The summed E-state index contributed by atoms with van der Waals surface area (Å²) >= 11 is 0. The molecule has 0 saturated carbocycles. The van der Waals surface area contributed by atoms with E-state index in [-0.39, 0.29) is 29.8 Å². The summed E-state index contributed by atoms with van der Waals surface area (Å²) in [7, 11) is 0. The highest BCUT2D eigenvalue weighted by atomic mass is 127. The number of likely N-dealkylation sites (N-methyl/N-ethyl adjacent to an activating group) is 1. The molecular formula is C11H17FIN3. The first kappa shape index (κ1) is 13.6. The average Bonchev–Trinajstić information content (AvgIpc) is 2.29. The molecule has 0 aromatic carbocycles. The maximum absolute atomic E-state index is 13.0. The third-order valence-electron chi connectivity index (χ3n) is 2.88. The fourth-order valence-electron chi connectivity index (χ4n) is 1.90. The molecule has 1 aliphatic rings. The van der Waals surface area contributed by atoms with Gasteiger partial charge in [-0.1, -0.05) is 6.92 Å². The smallest absolute Gasteiger partial charge is 0.143 e. The molecule has 1 fully saturated rings. The molecule has 0 N–H and O–H groups in total. The van der Waals surface area contributed by atoms with Gasteiger partial charge < -0.3 is 9.80 Å². The lowest BCUT2D eigenvalue weighted by atomic mass is 10.3. The molecule has 0 atom stereocenters. The Morgan fingerprint density at radius 1 is 1.25 bits per heavy atom. The van der Waals surface area contributed by atoms with Crippen LogP contribution in [0, 0.1) is 5.82 Å². The molecule has 0 radical (unpaired) electrons. The molecule has 1 aliphatic heterocycles. The summed E-state index contributed by atoms with van der Waals surface area (Å²) in [5.41, 5.74) is 0.894. The van der Waals surface area contributed by atoms with Crippen LogP contribution in [0.2, 0.25) is 0 Å². The van der Waals surface area contributed by atoms with Crippen molar-refractivity contribution < 1.29 is 4.39 Å². The van der Waals surface area contributed by atoms with Gasteiger partial charge in [-0.25, -0.2) is 4.39 Å². The van der Waals surface area contributed by atoms with Crippen molar-refractivity contribution in [2.75, 3.05) is 37.6 Å². The molecule has 90 valence electrons. The first-order valence-corrected chi connectivity index (χ1v) is 5.37. The van der Waals surface area contributed by atoms with E-state index in [4.69, 9.17) is 0 Å². The number of piperazine rings is 1. The summed E-state index contributed by atoms with van der Waals surface area (Å²) in [5, 5.41) is 0. The van der Waals surface area contributed by atoms with E-state index >= 15 is 0 Å². The van der Waals surface area contributed by atoms with Crippen LogP contribution in [0.1, 0.15) is 6.92 Å².